The van der Waals surface area contributed by atoms with Gasteiger partial charge >= 0.3 is 0 Å². The molecule has 1 aliphatic heterocycles. The van der Waals surface area contributed by atoms with Crippen molar-refractivity contribution in [1.82, 2.24) is 19.7 Å². The molecule has 7 nitrogen and oxygen atoms in total. The fraction of sp³-hybridized carbons (Fsp3) is 0.350. The largest absolute Gasteiger partial charge is 0.356 e. The molecule has 0 aromatic carbocycles. The predicted octanol–water partition coefficient (Wildman–Crippen LogP) is 3.16. The van der Waals surface area contributed by atoms with E-state index in [-0.39, 0.29) is 6.04 Å². The summed E-state index contributed by atoms with van der Waals surface area (Å²) in [6.45, 7) is 5.47. The average molecular weight is 430 g/mol. The van der Waals surface area contributed by atoms with Crippen LogP contribution in [0.5, 0.6) is 0 Å². The van der Waals surface area contributed by atoms with Crippen molar-refractivity contribution in [2.45, 2.75) is 36.9 Å². The number of sulfonamides is 1. The molecule has 0 saturated carbocycles. The van der Waals surface area contributed by atoms with E-state index in [4.69, 9.17) is 4.98 Å². The summed E-state index contributed by atoms with van der Waals surface area (Å²) in [4.78, 5) is 16.0. The Morgan fingerprint density at radius 3 is 2.55 bits per heavy atom. The Morgan fingerprint density at radius 1 is 1.10 bits per heavy atom. The van der Waals surface area contributed by atoms with Crippen molar-refractivity contribution in [1.29, 1.82) is 0 Å². The highest BCUT2D eigenvalue weighted by atomic mass is 32.2. The van der Waals surface area contributed by atoms with E-state index in [0.717, 1.165) is 48.7 Å². The highest BCUT2D eigenvalue weighted by Gasteiger charge is 2.27. The molecular weight excluding hydrogens is 406 g/mol. The van der Waals surface area contributed by atoms with Gasteiger partial charge in [0.2, 0.25) is 10.0 Å². The van der Waals surface area contributed by atoms with Crippen molar-refractivity contribution in [2.75, 3.05) is 18.0 Å². The Kier molecular flexibility index (Phi) is 5.62. The van der Waals surface area contributed by atoms with E-state index in [1.165, 1.54) is 11.3 Å². The number of nitrogens with one attached hydrogen (secondary N) is 1. The fourth-order valence-corrected chi connectivity index (χ4v) is 5.75. The van der Waals surface area contributed by atoms with Gasteiger partial charge in [-0.3, -0.25) is 4.98 Å². The zero-order chi connectivity index (χ0) is 20.4. The summed E-state index contributed by atoms with van der Waals surface area (Å²) < 4.78 is 28.2. The van der Waals surface area contributed by atoms with Crippen molar-refractivity contribution in [3.8, 4) is 11.5 Å². The maximum absolute atomic E-state index is 12.5. The van der Waals surface area contributed by atoms with E-state index in [1.54, 1.807) is 23.7 Å². The van der Waals surface area contributed by atoms with E-state index in [9.17, 15) is 8.42 Å². The summed E-state index contributed by atoms with van der Waals surface area (Å²) in [5, 5.41) is 1.77. The van der Waals surface area contributed by atoms with Crippen LogP contribution < -0.4 is 9.62 Å². The van der Waals surface area contributed by atoms with Gasteiger partial charge in [0, 0.05) is 36.6 Å². The maximum atomic E-state index is 12.5. The predicted molar refractivity (Wildman–Crippen MR) is 115 cm³/mol. The normalized spacial score (nSPS) is 15.6. The molecule has 0 aliphatic carbocycles. The molecule has 1 N–H and O–H groups in total. The summed E-state index contributed by atoms with van der Waals surface area (Å²) in [5.41, 5.74) is 2.72. The van der Waals surface area contributed by atoms with Gasteiger partial charge in [-0.1, -0.05) is 12.1 Å². The van der Waals surface area contributed by atoms with Gasteiger partial charge in [-0.25, -0.2) is 23.1 Å². The first-order chi connectivity index (χ1) is 13.9. The molecule has 0 amide bonds. The van der Waals surface area contributed by atoms with Crippen LogP contribution in [-0.4, -0.2) is 42.5 Å². The number of pyridine rings is 1. The molecule has 3 aromatic rings. The lowest BCUT2D eigenvalue weighted by Gasteiger charge is -2.34. The summed E-state index contributed by atoms with van der Waals surface area (Å²) in [5.74, 6) is 1.52. The van der Waals surface area contributed by atoms with Gasteiger partial charge < -0.3 is 4.90 Å². The molecule has 1 saturated heterocycles. The molecule has 0 unspecified atom stereocenters. The quantitative estimate of drug-likeness (QED) is 0.670. The number of anilines is 1. The lowest BCUT2D eigenvalue weighted by Crippen LogP contribution is -2.45. The first-order valence-corrected chi connectivity index (χ1v) is 11.9. The Balaban J connectivity index is 1.49. The second-order valence-electron chi connectivity index (χ2n) is 7.11. The van der Waals surface area contributed by atoms with Crippen molar-refractivity contribution in [3.63, 3.8) is 0 Å². The van der Waals surface area contributed by atoms with E-state index in [2.05, 4.69) is 19.6 Å². The summed E-state index contributed by atoms with van der Waals surface area (Å²) >= 11 is 1.24. The van der Waals surface area contributed by atoms with Gasteiger partial charge in [-0.2, -0.15) is 0 Å². The fourth-order valence-electron chi connectivity index (χ4n) is 3.43. The van der Waals surface area contributed by atoms with E-state index < -0.39 is 10.0 Å². The third-order valence-electron chi connectivity index (χ3n) is 5.13. The molecule has 0 atom stereocenters. The smallest absolute Gasteiger partial charge is 0.250 e. The standard InChI is InChI=1S/C20H23N5O2S2/c1-14-15(2)22-19(17-6-3-4-10-21-17)23-20(14)25-11-8-16(9-12-25)24-29(26,27)18-7-5-13-28-18/h3-7,10,13,16,24H,8-9,11-12H2,1-2H3. The minimum atomic E-state index is -3.44. The van der Waals surface area contributed by atoms with Crippen LogP contribution in [0.15, 0.2) is 46.1 Å². The molecule has 29 heavy (non-hydrogen) atoms. The van der Waals surface area contributed by atoms with E-state index in [0.29, 0.717) is 10.0 Å². The van der Waals surface area contributed by atoms with Crippen LogP contribution in [0, 0.1) is 13.8 Å². The second kappa shape index (κ2) is 8.17. The first kappa shape index (κ1) is 19.9. The minimum absolute atomic E-state index is 0.0724. The third kappa shape index (κ3) is 4.31. The lowest BCUT2D eigenvalue weighted by molar-refractivity contribution is 0.458. The Morgan fingerprint density at radius 2 is 1.90 bits per heavy atom. The third-order valence-corrected chi connectivity index (χ3v) is 8.05. The molecule has 0 spiro atoms. The van der Waals surface area contributed by atoms with Crippen LogP contribution in [0.3, 0.4) is 0 Å². The van der Waals surface area contributed by atoms with Gasteiger partial charge in [-0.05, 0) is 50.3 Å². The van der Waals surface area contributed by atoms with Gasteiger partial charge in [0.1, 0.15) is 15.7 Å². The van der Waals surface area contributed by atoms with Crippen molar-refractivity contribution in [2.24, 2.45) is 0 Å². The minimum Gasteiger partial charge on any atom is -0.356 e. The monoisotopic (exact) mass is 429 g/mol. The molecular formula is C20H23N5O2S2. The average Bonchev–Trinajstić information content (AvgIpc) is 3.27. The number of hydrogen-bond donors (Lipinski definition) is 1. The van der Waals surface area contributed by atoms with Crippen LogP contribution >= 0.6 is 11.3 Å². The molecule has 0 radical (unpaired) electrons. The molecule has 1 aliphatic rings. The molecule has 9 heteroatoms. The second-order valence-corrected chi connectivity index (χ2v) is 10.00. The number of thiophene rings is 1. The number of hydrogen-bond acceptors (Lipinski definition) is 7. The summed E-state index contributed by atoms with van der Waals surface area (Å²) in [7, 11) is -3.44. The van der Waals surface area contributed by atoms with Crippen LogP contribution in [0.2, 0.25) is 0 Å². The highest BCUT2D eigenvalue weighted by Crippen LogP contribution is 2.27. The number of nitrogens with zero attached hydrogens (tertiary/aromatic N) is 4. The lowest BCUT2D eigenvalue weighted by atomic mass is 10.1. The van der Waals surface area contributed by atoms with Gasteiger partial charge in [0.15, 0.2) is 5.82 Å². The molecule has 4 heterocycles. The maximum Gasteiger partial charge on any atom is 0.250 e. The molecule has 1 fully saturated rings. The zero-order valence-corrected chi connectivity index (χ0v) is 18.0. The van der Waals surface area contributed by atoms with Crippen molar-refractivity contribution in [3.05, 3.63) is 53.2 Å². The Hall–Kier alpha value is -2.36. The van der Waals surface area contributed by atoms with Gasteiger partial charge in [-0.15, -0.1) is 11.3 Å². The number of piperidine rings is 1. The van der Waals surface area contributed by atoms with Gasteiger partial charge in [0.05, 0.1) is 0 Å². The summed E-state index contributed by atoms with van der Waals surface area (Å²) in [6, 6.07) is 9.01. The molecule has 152 valence electrons. The SMILES string of the molecule is Cc1nc(-c2ccccn2)nc(N2CCC(NS(=O)(=O)c3cccs3)CC2)c1C. The molecule has 3 aromatic heterocycles. The molecule has 0 bridgehead atoms. The number of aromatic nitrogens is 3. The summed E-state index contributed by atoms with van der Waals surface area (Å²) in [6.07, 6.45) is 3.19. The molecule has 4 rings (SSSR count). The van der Waals surface area contributed by atoms with Crippen LogP contribution in [0.25, 0.3) is 11.5 Å². The van der Waals surface area contributed by atoms with Crippen LogP contribution in [-0.2, 0) is 10.0 Å². The van der Waals surface area contributed by atoms with E-state index in [1.807, 2.05) is 32.0 Å². The first-order valence-electron chi connectivity index (χ1n) is 9.51. The Bertz CT molecular complexity index is 1080. The zero-order valence-electron chi connectivity index (χ0n) is 16.4. The van der Waals surface area contributed by atoms with Crippen LogP contribution in [0.4, 0.5) is 5.82 Å². The number of rotatable bonds is 5. The number of aryl methyl sites for hydroxylation is 1. The van der Waals surface area contributed by atoms with Crippen molar-refractivity contribution >= 4 is 27.2 Å². The van der Waals surface area contributed by atoms with Gasteiger partial charge in [0.25, 0.3) is 0 Å². The van der Waals surface area contributed by atoms with E-state index >= 15 is 0 Å². The van der Waals surface area contributed by atoms with Crippen molar-refractivity contribution < 1.29 is 8.42 Å². The highest BCUT2D eigenvalue weighted by molar-refractivity contribution is 7.91. The Labute approximate surface area is 174 Å². The topological polar surface area (TPSA) is 88.1 Å². The van der Waals surface area contributed by atoms with Crippen LogP contribution in [0.1, 0.15) is 24.1 Å².